The van der Waals surface area contributed by atoms with Crippen molar-refractivity contribution in [2.45, 2.75) is 13.0 Å². The van der Waals surface area contributed by atoms with Crippen molar-refractivity contribution in [3.8, 4) is 17.6 Å². The molecule has 0 saturated heterocycles. The highest BCUT2D eigenvalue weighted by Crippen LogP contribution is 2.34. The molecule has 2 N–H and O–H groups in total. The fourth-order valence-electron chi connectivity index (χ4n) is 2.48. The summed E-state index contributed by atoms with van der Waals surface area (Å²) in [4.78, 5) is 23.2. The van der Waals surface area contributed by atoms with Gasteiger partial charge in [-0.05, 0) is 36.3 Å². The Kier molecular flexibility index (Phi) is 7.80. The second-order valence-electron chi connectivity index (χ2n) is 5.98. The minimum atomic E-state index is -1.12. The van der Waals surface area contributed by atoms with Gasteiger partial charge in [-0.25, -0.2) is 4.79 Å². The highest BCUT2D eigenvalue weighted by molar-refractivity contribution is 9.10. The molecule has 1 amide bonds. The van der Waals surface area contributed by atoms with Gasteiger partial charge in [0.1, 0.15) is 11.6 Å². The van der Waals surface area contributed by atoms with Gasteiger partial charge < -0.3 is 19.9 Å². The Morgan fingerprint density at radius 3 is 2.55 bits per heavy atom. The molecular formula is C21H19BrN2O5. The predicted molar refractivity (Wildman–Crippen MR) is 110 cm³/mol. The van der Waals surface area contributed by atoms with Crippen LogP contribution in [0, 0.1) is 11.3 Å². The van der Waals surface area contributed by atoms with Crippen molar-refractivity contribution in [1.82, 2.24) is 5.32 Å². The Hall–Kier alpha value is -3.31. The van der Waals surface area contributed by atoms with Gasteiger partial charge in [-0.2, -0.15) is 5.26 Å². The van der Waals surface area contributed by atoms with E-state index in [9.17, 15) is 14.9 Å². The van der Waals surface area contributed by atoms with Crippen LogP contribution in [0.3, 0.4) is 0 Å². The van der Waals surface area contributed by atoms with E-state index in [4.69, 9.17) is 14.6 Å². The minimum Gasteiger partial charge on any atom is -0.493 e. The van der Waals surface area contributed by atoms with E-state index in [-0.39, 0.29) is 23.1 Å². The minimum absolute atomic E-state index is 0.0882. The van der Waals surface area contributed by atoms with Crippen molar-refractivity contribution in [3.63, 3.8) is 0 Å². The average Bonchev–Trinajstić information content (AvgIpc) is 2.71. The standard InChI is InChI=1S/C21H19BrN2O5/c1-13(14-6-4-3-5-7-14)24-21(27)16(11-23)8-15-9-18(28-2)19(10-17(15)22)29-12-20(25)26/h3-10,13H,12H2,1-2H3,(H,24,27)(H,25,26)/b16-8-/t13-/m0/s1. The van der Waals surface area contributed by atoms with E-state index in [0.717, 1.165) is 5.56 Å². The highest BCUT2D eigenvalue weighted by Gasteiger charge is 2.16. The number of methoxy groups -OCH3 is 1. The zero-order valence-corrected chi connectivity index (χ0v) is 17.4. The van der Waals surface area contributed by atoms with E-state index in [2.05, 4.69) is 21.2 Å². The van der Waals surface area contributed by atoms with Crippen LogP contribution >= 0.6 is 15.9 Å². The monoisotopic (exact) mass is 458 g/mol. The Balaban J connectivity index is 2.26. The van der Waals surface area contributed by atoms with Gasteiger partial charge in [0.2, 0.25) is 0 Å². The van der Waals surface area contributed by atoms with Crippen LogP contribution in [0.5, 0.6) is 11.5 Å². The van der Waals surface area contributed by atoms with Crippen LogP contribution in [0.1, 0.15) is 24.1 Å². The molecule has 29 heavy (non-hydrogen) atoms. The number of carboxylic acids is 1. The maximum atomic E-state index is 12.5. The molecule has 0 heterocycles. The van der Waals surface area contributed by atoms with E-state index in [0.29, 0.717) is 10.0 Å². The zero-order chi connectivity index (χ0) is 21.4. The number of hydrogen-bond acceptors (Lipinski definition) is 5. The number of amides is 1. The summed E-state index contributed by atoms with van der Waals surface area (Å²) in [6.07, 6.45) is 1.42. The summed E-state index contributed by atoms with van der Waals surface area (Å²) >= 11 is 3.34. The Bertz CT molecular complexity index is 967. The summed E-state index contributed by atoms with van der Waals surface area (Å²) in [5.74, 6) is -1.14. The summed E-state index contributed by atoms with van der Waals surface area (Å²) in [5, 5.41) is 21.0. The van der Waals surface area contributed by atoms with E-state index >= 15 is 0 Å². The zero-order valence-electron chi connectivity index (χ0n) is 15.8. The number of nitriles is 1. The molecule has 0 spiro atoms. The molecule has 0 radical (unpaired) electrons. The molecule has 0 aliphatic rings. The van der Waals surface area contributed by atoms with Crippen LogP contribution in [-0.2, 0) is 9.59 Å². The van der Waals surface area contributed by atoms with Crippen molar-refractivity contribution < 1.29 is 24.2 Å². The van der Waals surface area contributed by atoms with Crippen LogP contribution < -0.4 is 14.8 Å². The maximum absolute atomic E-state index is 12.5. The third kappa shape index (κ3) is 6.09. The van der Waals surface area contributed by atoms with Gasteiger partial charge in [-0.1, -0.05) is 46.3 Å². The van der Waals surface area contributed by atoms with Crippen molar-refractivity contribution in [1.29, 1.82) is 5.26 Å². The van der Waals surface area contributed by atoms with Gasteiger partial charge in [0.15, 0.2) is 18.1 Å². The molecule has 0 bridgehead atoms. The summed E-state index contributed by atoms with van der Waals surface area (Å²) in [6.45, 7) is 1.30. The van der Waals surface area contributed by atoms with Crippen molar-refractivity contribution >= 4 is 33.9 Å². The third-order valence-electron chi connectivity index (χ3n) is 3.95. The van der Waals surface area contributed by atoms with Gasteiger partial charge >= 0.3 is 5.97 Å². The Labute approximate surface area is 176 Å². The SMILES string of the molecule is COc1cc(/C=C(/C#N)C(=O)N[C@@H](C)c2ccccc2)c(Br)cc1OCC(=O)O. The number of nitrogens with one attached hydrogen (secondary N) is 1. The lowest BCUT2D eigenvalue weighted by Crippen LogP contribution is -2.27. The summed E-state index contributed by atoms with van der Waals surface area (Å²) in [5.41, 5.74) is 1.33. The molecule has 8 heteroatoms. The lowest BCUT2D eigenvalue weighted by molar-refractivity contribution is -0.139. The molecule has 0 unspecified atom stereocenters. The topological polar surface area (TPSA) is 109 Å². The number of nitrogens with zero attached hydrogens (tertiary/aromatic N) is 1. The lowest BCUT2D eigenvalue weighted by atomic mass is 10.1. The highest BCUT2D eigenvalue weighted by atomic mass is 79.9. The number of carboxylic acid groups (broad SMARTS) is 1. The Morgan fingerprint density at radius 2 is 1.97 bits per heavy atom. The number of ether oxygens (including phenoxy) is 2. The molecule has 0 fully saturated rings. The number of carbonyl (C=O) groups is 2. The van der Waals surface area contributed by atoms with Gasteiger partial charge in [0.25, 0.3) is 5.91 Å². The van der Waals surface area contributed by atoms with Crippen LogP contribution in [-0.4, -0.2) is 30.7 Å². The quantitative estimate of drug-likeness (QED) is 0.460. The van der Waals surface area contributed by atoms with Crippen molar-refractivity contribution in [3.05, 3.63) is 63.6 Å². The van der Waals surface area contributed by atoms with Crippen LogP contribution in [0.15, 0.2) is 52.5 Å². The first-order chi connectivity index (χ1) is 13.8. The number of benzene rings is 2. The normalized spacial score (nSPS) is 11.9. The number of rotatable bonds is 8. The van der Waals surface area contributed by atoms with E-state index in [1.165, 1.54) is 19.3 Å². The van der Waals surface area contributed by atoms with E-state index in [1.54, 1.807) is 6.07 Å². The smallest absolute Gasteiger partial charge is 0.341 e. The first-order valence-corrected chi connectivity index (χ1v) is 9.34. The maximum Gasteiger partial charge on any atom is 0.341 e. The summed E-state index contributed by atoms with van der Waals surface area (Å²) in [6, 6.07) is 14.1. The number of aliphatic carboxylic acids is 1. The van der Waals surface area contributed by atoms with Crippen molar-refractivity contribution in [2.24, 2.45) is 0 Å². The molecule has 0 aromatic heterocycles. The van der Waals surface area contributed by atoms with Crippen molar-refractivity contribution in [2.75, 3.05) is 13.7 Å². The van der Waals surface area contributed by atoms with Gasteiger partial charge in [0.05, 0.1) is 13.2 Å². The van der Waals surface area contributed by atoms with E-state index < -0.39 is 18.5 Å². The number of halogens is 1. The van der Waals surface area contributed by atoms with Gasteiger partial charge in [-0.3, -0.25) is 4.79 Å². The second kappa shape index (κ2) is 10.3. The van der Waals surface area contributed by atoms with Gasteiger partial charge in [-0.15, -0.1) is 0 Å². The van der Waals surface area contributed by atoms with E-state index in [1.807, 2.05) is 43.3 Å². The van der Waals surface area contributed by atoms with Crippen LogP contribution in [0.2, 0.25) is 0 Å². The van der Waals surface area contributed by atoms with Crippen LogP contribution in [0.25, 0.3) is 6.08 Å². The molecule has 7 nitrogen and oxygen atoms in total. The molecule has 2 aromatic carbocycles. The molecule has 2 aromatic rings. The first-order valence-electron chi connectivity index (χ1n) is 8.55. The predicted octanol–water partition coefficient (Wildman–Crippen LogP) is 3.71. The summed E-state index contributed by atoms with van der Waals surface area (Å²) < 4.78 is 10.9. The first kappa shape index (κ1) is 22.0. The number of carbonyl (C=O) groups excluding carboxylic acids is 1. The fourth-order valence-corrected chi connectivity index (χ4v) is 2.91. The largest absolute Gasteiger partial charge is 0.493 e. The molecule has 0 aliphatic carbocycles. The molecule has 150 valence electrons. The second-order valence-corrected chi connectivity index (χ2v) is 6.84. The molecule has 2 rings (SSSR count). The number of hydrogen-bond donors (Lipinski definition) is 2. The van der Waals surface area contributed by atoms with Crippen LogP contribution in [0.4, 0.5) is 0 Å². The summed E-state index contributed by atoms with van der Waals surface area (Å²) in [7, 11) is 1.41. The molecule has 1 atom stereocenters. The fraction of sp³-hybridized carbons (Fsp3) is 0.190. The lowest BCUT2D eigenvalue weighted by Gasteiger charge is -2.14. The van der Waals surface area contributed by atoms with Gasteiger partial charge in [0, 0.05) is 4.47 Å². The average molecular weight is 459 g/mol. The molecule has 0 saturated carbocycles. The molecule has 0 aliphatic heterocycles. The Morgan fingerprint density at radius 1 is 1.28 bits per heavy atom. The molecular weight excluding hydrogens is 440 g/mol. The third-order valence-corrected chi connectivity index (χ3v) is 4.63.